The lowest BCUT2D eigenvalue weighted by Crippen LogP contribution is -1.92. The van der Waals surface area contributed by atoms with Crippen LogP contribution in [0.15, 0.2) is 206 Å². The SMILES string of the molecule is c1ccc(-c2ccc3c(-c4cccc(-c5ccc(-c6ccccc6)s5)c4)c4ccccc4c(-c4cccc(-c5ccc(-c6ccccc6)s5)c4)c3c2)cc1. The highest BCUT2D eigenvalue weighted by Gasteiger charge is 2.19. The molecule has 2 aromatic heterocycles. The number of hydrogen-bond acceptors (Lipinski definition) is 2. The molecule has 0 radical (unpaired) electrons. The fraction of sp³-hybridized carbons (Fsp3) is 0. The molecule has 0 atom stereocenters. The third kappa shape index (κ3) is 5.96. The minimum atomic E-state index is 1.22. The maximum atomic E-state index is 2.41. The first-order valence-corrected chi connectivity index (χ1v) is 20.0. The quantitative estimate of drug-likeness (QED) is 0.144. The summed E-state index contributed by atoms with van der Waals surface area (Å²) in [6.07, 6.45) is 0. The van der Waals surface area contributed by atoms with Crippen LogP contribution in [0.4, 0.5) is 0 Å². The van der Waals surface area contributed by atoms with E-state index in [2.05, 4.69) is 206 Å². The van der Waals surface area contributed by atoms with E-state index in [4.69, 9.17) is 0 Å². The van der Waals surface area contributed by atoms with E-state index in [9.17, 15) is 0 Å². The molecule has 0 aliphatic rings. The third-order valence-corrected chi connectivity index (χ3v) is 12.7. The first-order valence-electron chi connectivity index (χ1n) is 18.3. The van der Waals surface area contributed by atoms with E-state index in [0.29, 0.717) is 0 Å². The molecule has 10 rings (SSSR count). The highest BCUT2D eigenvalue weighted by Crippen LogP contribution is 2.47. The van der Waals surface area contributed by atoms with Crippen molar-refractivity contribution in [1.29, 1.82) is 0 Å². The van der Waals surface area contributed by atoms with Crippen LogP contribution in [0.5, 0.6) is 0 Å². The Hall–Kier alpha value is -6.32. The molecule has 10 aromatic rings. The molecule has 0 saturated heterocycles. The zero-order chi connectivity index (χ0) is 35.8. The molecule has 0 fully saturated rings. The number of rotatable bonds is 7. The second kappa shape index (κ2) is 13.9. The summed E-state index contributed by atoms with van der Waals surface area (Å²) >= 11 is 3.70. The second-order valence-electron chi connectivity index (χ2n) is 13.6. The van der Waals surface area contributed by atoms with Gasteiger partial charge in [-0.25, -0.2) is 0 Å². The van der Waals surface area contributed by atoms with Crippen LogP contribution in [0.1, 0.15) is 0 Å². The highest BCUT2D eigenvalue weighted by atomic mass is 32.1. The summed E-state index contributed by atoms with van der Waals surface area (Å²) in [5, 5.41) is 5.02. The lowest BCUT2D eigenvalue weighted by molar-refractivity contribution is 1.62. The van der Waals surface area contributed by atoms with Crippen molar-refractivity contribution in [3.63, 3.8) is 0 Å². The van der Waals surface area contributed by atoms with Gasteiger partial charge in [0.25, 0.3) is 0 Å². The van der Waals surface area contributed by atoms with Crippen LogP contribution in [0, 0.1) is 0 Å². The van der Waals surface area contributed by atoms with Gasteiger partial charge in [-0.1, -0.05) is 164 Å². The number of fused-ring (bicyclic) bond motifs is 2. The molecule has 0 aliphatic carbocycles. The average Bonchev–Trinajstić information content (AvgIpc) is 3.96. The topological polar surface area (TPSA) is 0 Å². The second-order valence-corrected chi connectivity index (χ2v) is 15.8. The monoisotopic (exact) mass is 722 g/mol. The standard InChI is InChI=1S/C52H34S2/c1-4-14-35(15-5-1)38-26-27-45-46(34-38)52(42-23-13-21-40(33-42)50-31-29-48(54-50)37-18-8-3-9-19-37)44-25-11-10-24-43(44)51(45)41-22-12-20-39(32-41)49-30-28-47(53-49)36-16-6-2-7-17-36/h1-34H. The highest BCUT2D eigenvalue weighted by molar-refractivity contribution is 7.19. The van der Waals surface area contributed by atoms with Gasteiger partial charge in [-0.05, 0) is 120 Å². The van der Waals surface area contributed by atoms with Gasteiger partial charge in [0.15, 0.2) is 0 Å². The Morgan fingerprint density at radius 3 is 1.07 bits per heavy atom. The van der Waals surface area contributed by atoms with E-state index < -0.39 is 0 Å². The summed E-state index contributed by atoms with van der Waals surface area (Å²) in [4.78, 5) is 5.11. The van der Waals surface area contributed by atoms with Crippen molar-refractivity contribution in [2.24, 2.45) is 0 Å². The van der Waals surface area contributed by atoms with Crippen molar-refractivity contribution in [2.45, 2.75) is 0 Å². The number of hydrogen-bond donors (Lipinski definition) is 0. The Morgan fingerprint density at radius 2 is 0.574 bits per heavy atom. The molecule has 2 heterocycles. The Balaban J connectivity index is 1.17. The van der Waals surface area contributed by atoms with E-state index in [1.165, 1.54) is 96.7 Å². The van der Waals surface area contributed by atoms with E-state index in [1.807, 2.05) is 22.7 Å². The van der Waals surface area contributed by atoms with Crippen LogP contribution in [0.25, 0.3) is 96.7 Å². The molecular weight excluding hydrogens is 689 g/mol. The van der Waals surface area contributed by atoms with Gasteiger partial charge >= 0.3 is 0 Å². The minimum absolute atomic E-state index is 1.22. The molecule has 0 bridgehead atoms. The van der Waals surface area contributed by atoms with Crippen molar-refractivity contribution in [3.05, 3.63) is 206 Å². The molecule has 0 aliphatic heterocycles. The molecule has 254 valence electrons. The van der Waals surface area contributed by atoms with E-state index >= 15 is 0 Å². The Labute approximate surface area is 323 Å². The Bertz CT molecular complexity index is 2910. The van der Waals surface area contributed by atoms with Crippen LogP contribution in [0.3, 0.4) is 0 Å². The van der Waals surface area contributed by atoms with Crippen LogP contribution >= 0.6 is 22.7 Å². The summed E-state index contributed by atoms with van der Waals surface area (Å²) in [7, 11) is 0. The fourth-order valence-electron chi connectivity index (χ4n) is 7.77. The van der Waals surface area contributed by atoms with Crippen molar-refractivity contribution in [1.82, 2.24) is 0 Å². The molecule has 0 spiro atoms. The summed E-state index contributed by atoms with van der Waals surface area (Å²) < 4.78 is 0. The molecule has 0 saturated carbocycles. The molecule has 54 heavy (non-hydrogen) atoms. The van der Waals surface area contributed by atoms with Crippen molar-refractivity contribution >= 4 is 44.2 Å². The first-order chi connectivity index (χ1) is 26.8. The van der Waals surface area contributed by atoms with Crippen molar-refractivity contribution in [2.75, 3.05) is 0 Å². The summed E-state index contributed by atoms with van der Waals surface area (Å²) in [6, 6.07) is 75.4. The zero-order valence-electron chi connectivity index (χ0n) is 29.4. The predicted octanol–water partition coefficient (Wildman–Crippen LogP) is 15.8. The van der Waals surface area contributed by atoms with Crippen LogP contribution in [-0.2, 0) is 0 Å². The van der Waals surface area contributed by atoms with Crippen molar-refractivity contribution in [3.8, 4) is 75.1 Å². The minimum Gasteiger partial charge on any atom is -0.135 e. The van der Waals surface area contributed by atoms with E-state index in [-0.39, 0.29) is 0 Å². The number of benzene rings is 8. The van der Waals surface area contributed by atoms with Crippen molar-refractivity contribution < 1.29 is 0 Å². The van der Waals surface area contributed by atoms with E-state index in [0.717, 1.165) is 0 Å². The zero-order valence-corrected chi connectivity index (χ0v) is 31.1. The summed E-state index contributed by atoms with van der Waals surface area (Å²) in [5.74, 6) is 0. The van der Waals surface area contributed by atoms with Gasteiger partial charge < -0.3 is 0 Å². The maximum Gasteiger partial charge on any atom is 0.0349 e. The first kappa shape index (κ1) is 32.3. The summed E-state index contributed by atoms with van der Waals surface area (Å²) in [5.41, 5.74) is 12.4. The number of thiophene rings is 2. The Kier molecular flexibility index (Phi) is 8.33. The molecular formula is C52H34S2. The smallest absolute Gasteiger partial charge is 0.0349 e. The average molecular weight is 723 g/mol. The predicted molar refractivity (Wildman–Crippen MR) is 235 cm³/mol. The largest absolute Gasteiger partial charge is 0.135 e. The molecule has 0 unspecified atom stereocenters. The third-order valence-electron chi connectivity index (χ3n) is 10.3. The van der Waals surface area contributed by atoms with Crippen LogP contribution < -0.4 is 0 Å². The lowest BCUT2D eigenvalue weighted by atomic mass is 9.84. The maximum absolute atomic E-state index is 2.41. The molecule has 8 aromatic carbocycles. The van der Waals surface area contributed by atoms with E-state index in [1.54, 1.807) is 0 Å². The van der Waals surface area contributed by atoms with Gasteiger partial charge in [0.2, 0.25) is 0 Å². The fourth-order valence-corrected chi connectivity index (χ4v) is 9.78. The van der Waals surface area contributed by atoms with Crippen LogP contribution in [-0.4, -0.2) is 0 Å². The Morgan fingerprint density at radius 1 is 0.204 bits per heavy atom. The molecule has 2 heteroatoms. The molecule has 0 N–H and O–H groups in total. The van der Waals surface area contributed by atoms with Crippen LogP contribution in [0.2, 0.25) is 0 Å². The molecule has 0 amide bonds. The van der Waals surface area contributed by atoms with Gasteiger partial charge in [-0.3, -0.25) is 0 Å². The van der Waals surface area contributed by atoms with Gasteiger partial charge in [0, 0.05) is 19.5 Å². The van der Waals surface area contributed by atoms with Gasteiger partial charge in [-0.15, -0.1) is 22.7 Å². The van der Waals surface area contributed by atoms with Gasteiger partial charge in [0.05, 0.1) is 0 Å². The van der Waals surface area contributed by atoms with Gasteiger partial charge in [-0.2, -0.15) is 0 Å². The molecule has 0 nitrogen and oxygen atoms in total. The van der Waals surface area contributed by atoms with Gasteiger partial charge in [0.1, 0.15) is 0 Å². The summed E-state index contributed by atoms with van der Waals surface area (Å²) in [6.45, 7) is 0. The lowest BCUT2D eigenvalue weighted by Gasteiger charge is -2.19. The normalized spacial score (nSPS) is 11.3.